The first kappa shape index (κ1) is 17.6. The monoisotopic (exact) mass is 387 g/mol. The Morgan fingerprint density at radius 3 is 2.68 bits per heavy atom. The van der Waals surface area contributed by atoms with Gasteiger partial charge in [0.15, 0.2) is 5.78 Å². The first-order valence-corrected chi connectivity index (χ1v) is 8.46. The Labute approximate surface area is 142 Å². The maximum atomic E-state index is 12.4. The van der Waals surface area contributed by atoms with Crippen molar-refractivity contribution < 1.29 is 17.4 Å². The molecule has 1 unspecified atom stereocenters. The van der Waals surface area contributed by atoms with Gasteiger partial charge in [-0.05, 0) is 30.7 Å². The van der Waals surface area contributed by atoms with Crippen LogP contribution in [0, 0.1) is 0 Å². The Balaban J connectivity index is 2.37. The van der Waals surface area contributed by atoms with Crippen molar-refractivity contribution in [3.63, 3.8) is 0 Å². The molecule has 0 aromatic heterocycles. The minimum Gasteiger partial charge on any atom is -0.369 e. The summed E-state index contributed by atoms with van der Waals surface area (Å²) in [7, 11) is -4.37. The van der Waals surface area contributed by atoms with Crippen LogP contribution in [0.1, 0.15) is 6.92 Å². The van der Waals surface area contributed by atoms with Crippen LogP contribution in [0.25, 0.3) is 0 Å². The molecule has 0 fully saturated rings. The van der Waals surface area contributed by atoms with Crippen molar-refractivity contribution in [2.24, 2.45) is 10.7 Å². The third kappa shape index (κ3) is 3.41. The SMILES string of the molecule is CC1=CC2(C=CC1=O)CN=C(N)N2S(=O)(=O)OCC(Cl)(Cl)Cl. The summed E-state index contributed by atoms with van der Waals surface area (Å²) >= 11 is 16.5. The van der Waals surface area contributed by atoms with Gasteiger partial charge in [0.1, 0.15) is 12.1 Å². The lowest BCUT2D eigenvalue weighted by atomic mass is 9.90. The molecular formula is C11H12Cl3N3O4S. The van der Waals surface area contributed by atoms with E-state index in [9.17, 15) is 13.2 Å². The quantitative estimate of drug-likeness (QED) is 0.729. The smallest absolute Gasteiger partial charge is 0.366 e. The molecule has 0 aromatic carbocycles. The normalized spacial score (nSPS) is 25.6. The van der Waals surface area contributed by atoms with Gasteiger partial charge in [0.05, 0.1) is 6.54 Å². The van der Waals surface area contributed by atoms with Crippen molar-refractivity contribution in [1.29, 1.82) is 0 Å². The average Bonchev–Trinajstić information content (AvgIpc) is 2.69. The van der Waals surface area contributed by atoms with Gasteiger partial charge >= 0.3 is 10.3 Å². The summed E-state index contributed by atoms with van der Waals surface area (Å²) in [6, 6.07) is 0. The van der Waals surface area contributed by atoms with E-state index >= 15 is 0 Å². The Morgan fingerprint density at radius 2 is 2.14 bits per heavy atom. The van der Waals surface area contributed by atoms with E-state index in [0.717, 1.165) is 4.31 Å². The maximum absolute atomic E-state index is 12.4. The van der Waals surface area contributed by atoms with E-state index in [4.69, 9.17) is 44.7 Å². The lowest BCUT2D eigenvalue weighted by Crippen LogP contribution is -2.54. The number of allylic oxidation sites excluding steroid dienone is 2. The van der Waals surface area contributed by atoms with Crippen LogP contribution in [0.3, 0.4) is 0 Å². The Kier molecular flexibility index (Phi) is 4.53. The number of carbonyl (C=O) groups excluding carboxylic acids is 1. The highest BCUT2D eigenvalue weighted by atomic mass is 35.6. The summed E-state index contributed by atoms with van der Waals surface area (Å²) in [6.45, 7) is 0.899. The molecule has 1 spiro atoms. The zero-order valence-electron chi connectivity index (χ0n) is 11.3. The Bertz CT molecular complexity index is 696. The molecule has 0 saturated heterocycles. The van der Waals surface area contributed by atoms with Crippen LogP contribution in [0.2, 0.25) is 0 Å². The number of nitrogens with two attached hydrogens (primary N) is 1. The van der Waals surface area contributed by atoms with Crippen molar-refractivity contribution in [1.82, 2.24) is 4.31 Å². The van der Waals surface area contributed by atoms with Gasteiger partial charge in [-0.2, -0.15) is 8.42 Å². The Hall–Kier alpha value is -0.800. The van der Waals surface area contributed by atoms with E-state index in [-0.39, 0.29) is 18.3 Å². The van der Waals surface area contributed by atoms with Gasteiger partial charge in [-0.3, -0.25) is 4.79 Å². The highest BCUT2D eigenvalue weighted by Crippen LogP contribution is 2.34. The average molecular weight is 389 g/mol. The number of alkyl halides is 3. The molecule has 0 aromatic rings. The molecule has 1 heterocycles. The van der Waals surface area contributed by atoms with Crippen molar-refractivity contribution in [2.75, 3.05) is 13.2 Å². The van der Waals surface area contributed by atoms with E-state index in [1.807, 2.05) is 0 Å². The summed E-state index contributed by atoms with van der Waals surface area (Å²) < 4.78 is 28.3. The largest absolute Gasteiger partial charge is 0.369 e. The molecule has 1 aliphatic heterocycles. The van der Waals surface area contributed by atoms with Gasteiger partial charge in [0.2, 0.25) is 9.75 Å². The first-order chi connectivity index (χ1) is 9.97. The van der Waals surface area contributed by atoms with Crippen molar-refractivity contribution in [3.05, 3.63) is 23.8 Å². The second-order valence-electron chi connectivity index (χ2n) is 4.79. The summed E-state index contributed by atoms with van der Waals surface area (Å²) in [4.78, 5) is 15.5. The fraction of sp³-hybridized carbons (Fsp3) is 0.455. The number of hydrogen-bond acceptors (Lipinski definition) is 6. The molecule has 2 N–H and O–H groups in total. The maximum Gasteiger partial charge on any atom is 0.366 e. The third-order valence-electron chi connectivity index (χ3n) is 3.05. The fourth-order valence-electron chi connectivity index (χ4n) is 2.14. The van der Waals surface area contributed by atoms with Gasteiger partial charge in [-0.15, -0.1) is 0 Å². The second-order valence-corrected chi connectivity index (χ2v) is 8.76. The molecule has 22 heavy (non-hydrogen) atoms. The standard InChI is InChI=1S/C11H12Cl3N3O4S/c1-7-4-10(3-2-8(7)18)5-16-9(15)17(10)22(19,20)21-6-11(12,13)14/h2-4H,5-6H2,1H3,(H2,15,16). The molecule has 0 radical (unpaired) electrons. The molecule has 7 nitrogen and oxygen atoms in total. The van der Waals surface area contributed by atoms with Crippen LogP contribution in [-0.4, -0.2) is 46.9 Å². The number of carbonyl (C=O) groups is 1. The van der Waals surface area contributed by atoms with E-state index in [1.165, 1.54) is 18.2 Å². The molecule has 1 aliphatic carbocycles. The number of aliphatic imine (C=N–C) groups is 1. The van der Waals surface area contributed by atoms with Crippen LogP contribution in [0.5, 0.6) is 0 Å². The number of ketones is 1. The second kappa shape index (κ2) is 5.68. The summed E-state index contributed by atoms with van der Waals surface area (Å²) in [6.07, 6.45) is 4.14. The predicted molar refractivity (Wildman–Crippen MR) is 84.1 cm³/mol. The molecule has 0 amide bonds. The van der Waals surface area contributed by atoms with Crippen LogP contribution < -0.4 is 5.73 Å². The molecule has 1 atom stereocenters. The zero-order chi connectivity index (χ0) is 16.8. The summed E-state index contributed by atoms with van der Waals surface area (Å²) in [5.74, 6) is -0.497. The van der Waals surface area contributed by atoms with Crippen LogP contribution in [-0.2, 0) is 19.3 Å². The number of guanidine groups is 1. The molecule has 122 valence electrons. The minimum atomic E-state index is -4.37. The van der Waals surface area contributed by atoms with E-state index in [2.05, 4.69) is 4.99 Å². The lowest BCUT2D eigenvalue weighted by Gasteiger charge is -2.34. The van der Waals surface area contributed by atoms with Gasteiger partial charge < -0.3 is 5.73 Å². The first-order valence-electron chi connectivity index (χ1n) is 5.96. The van der Waals surface area contributed by atoms with Gasteiger partial charge in [0, 0.05) is 0 Å². The van der Waals surface area contributed by atoms with E-state index < -0.39 is 26.2 Å². The van der Waals surface area contributed by atoms with Gasteiger partial charge in [-0.1, -0.05) is 34.8 Å². The molecule has 0 saturated carbocycles. The zero-order valence-corrected chi connectivity index (χ0v) is 14.4. The van der Waals surface area contributed by atoms with Crippen molar-refractivity contribution >= 4 is 56.8 Å². The van der Waals surface area contributed by atoms with Crippen LogP contribution in [0.4, 0.5) is 0 Å². The number of rotatable bonds is 3. The number of nitrogens with zero attached hydrogens (tertiary/aromatic N) is 2. The number of hydrogen-bond donors (Lipinski definition) is 1. The summed E-state index contributed by atoms with van der Waals surface area (Å²) in [5.41, 5.74) is 4.80. The predicted octanol–water partition coefficient (Wildman–Crippen LogP) is 1.07. The fourth-order valence-corrected chi connectivity index (χ4v) is 3.80. The topological polar surface area (TPSA) is 102 Å². The van der Waals surface area contributed by atoms with E-state index in [0.29, 0.717) is 5.57 Å². The highest BCUT2D eigenvalue weighted by molar-refractivity contribution is 7.85. The van der Waals surface area contributed by atoms with Crippen LogP contribution >= 0.6 is 34.8 Å². The molecule has 2 rings (SSSR count). The lowest BCUT2D eigenvalue weighted by molar-refractivity contribution is -0.111. The Morgan fingerprint density at radius 1 is 1.50 bits per heavy atom. The molecular weight excluding hydrogens is 377 g/mol. The molecule has 11 heteroatoms. The number of halogens is 3. The molecule has 0 bridgehead atoms. The van der Waals surface area contributed by atoms with Crippen LogP contribution in [0.15, 0.2) is 28.8 Å². The van der Waals surface area contributed by atoms with Gasteiger partial charge in [-0.25, -0.2) is 13.5 Å². The van der Waals surface area contributed by atoms with E-state index in [1.54, 1.807) is 6.92 Å². The van der Waals surface area contributed by atoms with Crippen molar-refractivity contribution in [2.45, 2.75) is 16.3 Å². The van der Waals surface area contributed by atoms with Gasteiger partial charge in [0.25, 0.3) is 0 Å². The molecule has 2 aliphatic rings. The van der Waals surface area contributed by atoms with Crippen molar-refractivity contribution in [3.8, 4) is 0 Å². The minimum absolute atomic E-state index is 0.0241. The third-order valence-corrected chi connectivity index (χ3v) is 4.77. The highest BCUT2D eigenvalue weighted by Gasteiger charge is 2.48. The summed E-state index contributed by atoms with van der Waals surface area (Å²) in [5, 5.41) is 0.